The van der Waals surface area contributed by atoms with E-state index in [4.69, 9.17) is 9.84 Å². The van der Waals surface area contributed by atoms with E-state index < -0.39 is 5.97 Å². The smallest absolute Gasteiger partial charge is 0.315 e. The Kier molecular flexibility index (Phi) is 7.74. The molecular weight excluding hydrogens is 286 g/mol. The highest BCUT2D eigenvalue weighted by Crippen LogP contribution is 2.12. The van der Waals surface area contributed by atoms with Gasteiger partial charge in [0, 0.05) is 31.8 Å². The van der Waals surface area contributed by atoms with E-state index in [0.717, 1.165) is 12.0 Å². The van der Waals surface area contributed by atoms with Crippen LogP contribution < -0.4 is 15.4 Å². The molecule has 2 amide bonds. The summed E-state index contributed by atoms with van der Waals surface area (Å²) < 4.78 is 5.62. The van der Waals surface area contributed by atoms with Crippen LogP contribution in [0.4, 0.5) is 4.79 Å². The summed E-state index contributed by atoms with van der Waals surface area (Å²) >= 11 is 0. The van der Waals surface area contributed by atoms with Crippen molar-refractivity contribution < 1.29 is 19.4 Å². The number of pyridine rings is 1. The minimum Gasteiger partial charge on any atom is -0.481 e. The van der Waals surface area contributed by atoms with Gasteiger partial charge in [0.05, 0.1) is 6.10 Å². The van der Waals surface area contributed by atoms with Crippen LogP contribution in [0.3, 0.4) is 0 Å². The molecule has 0 saturated heterocycles. The first-order valence-corrected chi connectivity index (χ1v) is 7.36. The number of carbonyl (C=O) groups is 2. The molecule has 0 aromatic carbocycles. The number of hydrogen-bond acceptors (Lipinski definition) is 4. The van der Waals surface area contributed by atoms with E-state index in [1.54, 1.807) is 18.3 Å². The molecule has 1 aromatic rings. The number of aromatic nitrogens is 1. The van der Waals surface area contributed by atoms with Gasteiger partial charge in [-0.3, -0.25) is 4.79 Å². The van der Waals surface area contributed by atoms with Crippen LogP contribution in [0.2, 0.25) is 0 Å². The highest BCUT2D eigenvalue weighted by molar-refractivity contribution is 5.73. The monoisotopic (exact) mass is 309 g/mol. The molecule has 1 unspecified atom stereocenters. The number of nitrogens with zero attached hydrogens (tertiary/aromatic N) is 1. The van der Waals surface area contributed by atoms with Gasteiger partial charge in [-0.05, 0) is 31.4 Å². The Labute approximate surface area is 130 Å². The Balaban J connectivity index is 2.33. The van der Waals surface area contributed by atoms with Crippen molar-refractivity contribution in [2.75, 3.05) is 6.54 Å². The van der Waals surface area contributed by atoms with Crippen LogP contribution in [0.1, 0.15) is 38.7 Å². The van der Waals surface area contributed by atoms with Crippen LogP contribution in [0.25, 0.3) is 0 Å². The number of ether oxygens (including phenoxy) is 1. The SMILES string of the molecule is CCC(C)Oc1cc(CNC(=O)NCCCC(=O)O)ccn1. The summed E-state index contributed by atoms with van der Waals surface area (Å²) in [5.74, 6) is -0.330. The number of rotatable bonds is 9. The number of carboxylic acids is 1. The molecule has 1 rings (SSSR count). The molecule has 0 saturated carbocycles. The summed E-state index contributed by atoms with van der Waals surface area (Å²) in [6.07, 6.45) is 3.07. The van der Waals surface area contributed by atoms with Crippen molar-refractivity contribution in [3.63, 3.8) is 0 Å². The molecule has 1 heterocycles. The maximum absolute atomic E-state index is 11.6. The van der Waals surface area contributed by atoms with E-state index in [1.165, 1.54) is 0 Å². The zero-order valence-electron chi connectivity index (χ0n) is 13.0. The van der Waals surface area contributed by atoms with Gasteiger partial charge in [-0.2, -0.15) is 0 Å². The first kappa shape index (κ1) is 17.7. The number of nitrogens with one attached hydrogen (secondary N) is 2. The number of hydrogen-bond donors (Lipinski definition) is 3. The Morgan fingerprint density at radius 1 is 1.41 bits per heavy atom. The molecule has 0 bridgehead atoms. The predicted molar refractivity (Wildman–Crippen MR) is 81.7 cm³/mol. The van der Waals surface area contributed by atoms with Crippen molar-refractivity contribution in [1.82, 2.24) is 15.6 Å². The summed E-state index contributed by atoms with van der Waals surface area (Å²) in [4.78, 5) is 26.0. The van der Waals surface area contributed by atoms with E-state index >= 15 is 0 Å². The van der Waals surface area contributed by atoms with Crippen LogP contribution in [0.5, 0.6) is 5.88 Å². The average molecular weight is 309 g/mol. The lowest BCUT2D eigenvalue weighted by Gasteiger charge is -2.12. The zero-order valence-corrected chi connectivity index (χ0v) is 13.0. The van der Waals surface area contributed by atoms with E-state index in [1.807, 2.05) is 13.8 Å². The molecule has 7 nitrogen and oxygen atoms in total. The second-order valence-corrected chi connectivity index (χ2v) is 4.95. The van der Waals surface area contributed by atoms with Crippen molar-refractivity contribution >= 4 is 12.0 Å². The molecular formula is C15H23N3O4. The van der Waals surface area contributed by atoms with E-state index in [0.29, 0.717) is 25.4 Å². The van der Waals surface area contributed by atoms with Gasteiger partial charge >= 0.3 is 12.0 Å². The van der Waals surface area contributed by atoms with Gasteiger partial charge in [0.2, 0.25) is 5.88 Å². The van der Waals surface area contributed by atoms with E-state index in [-0.39, 0.29) is 18.6 Å². The van der Waals surface area contributed by atoms with E-state index in [2.05, 4.69) is 15.6 Å². The highest BCUT2D eigenvalue weighted by atomic mass is 16.5. The van der Waals surface area contributed by atoms with Crippen molar-refractivity contribution in [3.8, 4) is 5.88 Å². The standard InChI is InChI=1S/C15H23N3O4/c1-3-11(2)22-13-9-12(6-8-16-13)10-18-15(21)17-7-4-5-14(19)20/h6,8-9,11H,3-5,7,10H2,1-2H3,(H,19,20)(H2,17,18,21). The number of amides is 2. The molecule has 122 valence electrons. The second kappa shape index (κ2) is 9.59. The molecule has 22 heavy (non-hydrogen) atoms. The number of carbonyl (C=O) groups excluding carboxylic acids is 1. The fourth-order valence-electron chi connectivity index (χ4n) is 1.60. The van der Waals surface area contributed by atoms with E-state index in [9.17, 15) is 9.59 Å². The molecule has 0 spiro atoms. The Hall–Kier alpha value is -2.31. The Morgan fingerprint density at radius 3 is 2.86 bits per heavy atom. The van der Waals surface area contributed by atoms with Gasteiger partial charge in [0.25, 0.3) is 0 Å². The summed E-state index contributed by atoms with van der Waals surface area (Å²) in [6.45, 7) is 4.68. The third kappa shape index (κ3) is 7.47. The Bertz CT molecular complexity index is 493. The van der Waals surface area contributed by atoms with Gasteiger partial charge in [0.15, 0.2) is 0 Å². The molecule has 7 heteroatoms. The lowest BCUT2D eigenvalue weighted by Crippen LogP contribution is -2.35. The maximum Gasteiger partial charge on any atom is 0.315 e. The van der Waals surface area contributed by atoms with Crippen LogP contribution in [-0.4, -0.2) is 34.7 Å². The van der Waals surface area contributed by atoms with Crippen LogP contribution >= 0.6 is 0 Å². The predicted octanol–water partition coefficient (Wildman–Crippen LogP) is 1.92. The topological polar surface area (TPSA) is 101 Å². The van der Waals surface area contributed by atoms with Crippen LogP contribution in [-0.2, 0) is 11.3 Å². The van der Waals surface area contributed by atoms with Crippen molar-refractivity contribution in [3.05, 3.63) is 23.9 Å². The maximum atomic E-state index is 11.6. The molecule has 0 aliphatic rings. The number of carboxylic acid groups (broad SMARTS) is 1. The van der Waals surface area contributed by atoms with Gasteiger partial charge in [-0.25, -0.2) is 9.78 Å². The summed E-state index contributed by atoms with van der Waals surface area (Å²) in [5.41, 5.74) is 0.883. The third-order valence-corrected chi connectivity index (χ3v) is 3.00. The highest BCUT2D eigenvalue weighted by Gasteiger charge is 2.05. The second-order valence-electron chi connectivity index (χ2n) is 4.95. The van der Waals surface area contributed by atoms with Gasteiger partial charge < -0.3 is 20.5 Å². The summed E-state index contributed by atoms with van der Waals surface area (Å²) in [7, 11) is 0. The first-order chi connectivity index (χ1) is 10.5. The first-order valence-electron chi connectivity index (χ1n) is 7.36. The van der Waals surface area contributed by atoms with Crippen molar-refractivity contribution in [1.29, 1.82) is 0 Å². The fraction of sp³-hybridized carbons (Fsp3) is 0.533. The van der Waals surface area contributed by atoms with Crippen LogP contribution in [0, 0.1) is 0 Å². The average Bonchev–Trinajstić information content (AvgIpc) is 2.49. The fourth-order valence-corrected chi connectivity index (χ4v) is 1.60. The molecule has 1 atom stereocenters. The number of aliphatic carboxylic acids is 1. The normalized spacial score (nSPS) is 11.5. The van der Waals surface area contributed by atoms with Crippen molar-refractivity contribution in [2.24, 2.45) is 0 Å². The molecule has 0 radical (unpaired) electrons. The van der Waals surface area contributed by atoms with Crippen LogP contribution in [0.15, 0.2) is 18.3 Å². The quantitative estimate of drug-likeness (QED) is 0.605. The zero-order chi connectivity index (χ0) is 16.4. The molecule has 1 aromatic heterocycles. The van der Waals surface area contributed by atoms with Crippen molar-refractivity contribution in [2.45, 2.75) is 45.8 Å². The van der Waals surface area contributed by atoms with Gasteiger partial charge in [0.1, 0.15) is 0 Å². The molecule has 3 N–H and O–H groups in total. The summed E-state index contributed by atoms with van der Waals surface area (Å²) in [5, 5.41) is 13.8. The van der Waals surface area contributed by atoms with Gasteiger partial charge in [-0.15, -0.1) is 0 Å². The Morgan fingerprint density at radius 2 is 2.18 bits per heavy atom. The third-order valence-electron chi connectivity index (χ3n) is 3.00. The lowest BCUT2D eigenvalue weighted by atomic mass is 10.2. The largest absolute Gasteiger partial charge is 0.481 e. The minimum atomic E-state index is -0.868. The lowest BCUT2D eigenvalue weighted by molar-refractivity contribution is -0.137. The molecule has 0 aliphatic carbocycles. The number of urea groups is 1. The molecule has 0 aliphatic heterocycles. The summed E-state index contributed by atoms with van der Waals surface area (Å²) in [6, 6.07) is 3.26. The molecule has 0 fully saturated rings. The van der Waals surface area contributed by atoms with Gasteiger partial charge in [-0.1, -0.05) is 6.92 Å². The minimum absolute atomic E-state index is 0.0426.